The van der Waals surface area contributed by atoms with Crippen molar-refractivity contribution in [2.75, 3.05) is 27.4 Å². The Labute approximate surface area is 216 Å². The standard InChI is InChI=1S/C28H33NO6S/c1-16(2)34-10-11-35-28(31)25-17(3)29-20-13-19(24-7-6-12-36-24)14-21(30)27(20)26(25)18-8-9-22(32-4)23(15-18)33-5/h6-9,12,15-16,19,25-26,29H,3,10-11,13-14H2,1-2,4-5H3. The summed E-state index contributed by atoms with van der Waals surface area (Å²) < 4.78 is 22.0. The van der Waals surface area contributed by atoms with E-state index in [1.807, 2.05) is 37.4 Å². The van der Waals surface area contributed by atoms with Gasteiger partial charge in [-0.25, -0.2) is 0 Å². The molecule has 2 aromatic rings. The molecule has 0 saturated carbocycles. The summed E-state index contributed by atoms with van der Waals surface area (Å²) >= 11 is 1.66. The van der Waals surface area contributed by atoms with Crippen LogP contribution in [0.3, 0.4) is 0 Å². The van der Waals surface area contributed by atoms with E-state index in [1.165, 1.54) is 4.88 Å². The third-order valence-corrected chi connectivity index (χ3v) is 7.62. The number of hydrogen-bond acceptors (Lipinski definition) is 8. The quantitative estimate of drug-likeness (QED) is 0.377. The highest BCUT2D eigenvalue weighted by Gasteiger charge is 2.45. The number of nitrogens with one attached hydrogen (secondary N) is 1. The second-order valence-electron chi connectivity index (χ2n) is 9.24. The van der Waals surface area contributed by atoms with Gasteiger partial charge in [0.25, 0.3) is 0 Å². The summed E-state index contributed by atoms with van der Waals surface area (Å²) in [6, 6.07) is 9.56. The number of methoxy groups -OCH3 is 2. The van der Waals surface area contributed by atoms with Crippen LogP contribution in [0.15, 0.2) is 59.3 Å². The van der Waals surface area contributed by atoms with Crippen LogP contribution in [0.2, 0.25) is 0 Å². The summed E-state index contributed by atoms with van der Waals surface area (Å²) in [7, 11) is 3.13. The minimum Gasteiger partial charge on any atom is -0.493 e. The lowest BCUT2D eigenvalue weighted by Crippen LogP contribution is -2.42. The highest BCUT2D eigenvalue weighted by molar-refractivity contribution is 7.10. The number of esters is 1. The van der Waals surface area contributed by atoms with E-state index in [2.05, 4.69) is 18.0 Å². The van der Waals surface area contributed by atoms with Crippen LogP contribution in [0, 0.1) is 5.92 Å². The molecule has 192 valence electrons. The molecule has 0 radical (unpaired) electrons. The smallest absolute Gasteiger partial charge is 0.315 e. The number of carbonyl (C=O) groups excluding carboxylic acids is 2. The van der Waals surface area contributed by atoms with Gasteiger partial charge in [0.2, 0.25) is 0 Å². The molecule has 1 aromatic heterocycles. The molecule has 0 saturated heterocycles. The first-order chi connectivity index (χ1) is 17.3. The molecule has 7 nitrogen and oxygen atoms in total. The Kier molecular flexibility index (Phi) is 8.16. The van der Waals surface area contributed by atoms with Crippen molar-refractivity contribution < 1.29 is 28.5 Å². The average molecular weight is 512 g/mol. The number of hydrogen-bond donors (Lipinski definition) is 1. The number of ether oxygens (including phenoxy) is 4. The van der Waals surface area contributed by atoms with Crippen LogP contribution in [0.4, 0.5) is 0 Å². The predicted molar refractivity (Wildman–Crippen MR) is 138 cm³/mol. The first-order valence-electron chi connectivity index (χ1n) is 12.1. The van der Waals surface area contributed by atoms with Gasteiger partial charge in [-0.05, 0) is 49.4 Å². The van der Waals surface area contributed by atoms with E-state index >= 15 is 0 Å². The fraction of sp³-hybridized carbons (Fsp3) is 0.429. The average Bonchev–Trinajstić information content (AvgIpc) is 3.40. The first-order valence-corrected chi connectivity index (χ1v) is 13.0. The van der Waals surface area contributed by atoms with E-state index in [4.69, 9.17) is 18.9 Å². The number of ketones is 1. The lowest BCUT2D eigenvalue weighted by atomic mass is 9.69. The highest BCUT2D eigenvalue weighted by Crippen LogP contribution is 2.48. The fourth-order valence-corrected chi connectivity index (χ4v) is 5.80. The second-order valence-corrected chi connectivity index (χ2v) is 10.2. The summed E-state index contributed by atoms with van der Waals surface area (Å²) in [5, 5.41) is 5.34. The number of allylic oxidation sites excluding steroid dienone is 2. The molecule has 1 N–H and O–H groups in total. The first kappa shape index (κ1) is 26.0. The predicted octanol–water partition coefficient (Wildman–Crippen LogP) is 4.95. The van der Waals surface area contributed by atoms with Crippen molar-refractivity contribution in [2.24, 2.45) is 5.92 Å². The van der Waals surface area contributed by atoms with Crippen LogP contribution in [-0.4, -0.2) is 45.3 Å². The SMILES string of the molecule is C=C1NC2=C(C(=O)CC(c3cccs3)C2)C(c2ccc(OC)c(OC)c2)C1C(=O)OCCOC(C)C. The van der Waals surface area contributed by atoms with Gasteiger partial charge in [0, 0.05) is 40.1 Å². The molecule has 2 aliphatic rings. The van der Waals surface area contributed by atoms with E-state index in [9.17, 15) is 9.59 Å². The molecule has 1 aromatic carbocycles. The second kappa shape index (κ2) is 11.3. The molecule has 8 heteroatoms. The Morgan fingerprint density at radius 2 is 1.92 bits per heavy atom. The van der Waals surface area contributed by atoms with Crippen molar-refractivity contribution in [2.45, 2.75) is 44.6 Å². The number of Topliss-reactive ketones (excluding diaryl/α,β-unsaturated/α-hetero) is 1. The zero-order valence-electron chi connectivity index (χ0n) is 21.2. The number of benzene rings is 1. The topological polar surface area (TPSA) is 83.1 Å². The molecule has 2 heterocycles. The van der Waals surface area contributed by atoms with Crippen LogP contribution < -0.4 is 14.8 Å². The van der Waals surface area contributed by atoms with Gasteiger partial charge in [-0.15, -0.1) is 11.3 Å². The van der Waals surface area contributed by atoms with Gasteiger partial charge >= 0.3 is 5.97 Å². The van der Waals surface area contributed by atoms with Crippen LogP contribution in [-0.2, 0) is 19.1 Å². The maximum absolute atomic E-state index is 13.7. The van der Waals surface area contributed by atoms with Crippen molar-refractivity contribution in [3.63, 3.8) is 0 Å². The molecular formula is C28H33NO6S. The van der Waals surface area contributed by atoms with Gasteiger partial charge in [0.05, 0.1) is 26.9 Å². The minimum absolute atomic E-state index is 0.0235. The Bertz CT molecular complexity index is 1150. The van der Waals surface area contributed by atoms with Crippen molar-refractivity contribution in [1.29, 1.82) is 0 Å². The zero-order chi connectivity index (χ0) is 25.8. The van der Waals surface area contributed by atoms with Gasteiger partial charge in [-0.2, -0.15) is 0 Å². The monoisotopic (exact) mass is 511 g/mol. The van der Waals surface area contributed by atoms with Crippen LogP contribution >= 0.6 is 11.3 Å². The molecule has 3 unspecified atom stereocenters. The lowest BCUT2D eigenvalue weighted by molar-refractivity contribution is -0.150. The van der Waals surface area contributed by atoms with E-state index in [0.717, 1.165) is 11.3 Å². The van der Waals surface area contributed by atoms with Crippen molar-refractivity contribution in [3.8, 4) is 11.5 Å². The van der Waals surface area contributed by atoms with Gasteiger partial charge in [-0.1, -0.05) is 18.7 Å². The number of carbonyl (C=O) groups is 2. The Morgan fingerprint density at radius 1 is 1.14 bits per heavy atom. The summed E-state index contributed by atoms with van der Waals surface area (Å²) in [5.74, 6) is -0.555. The van der Waals surface area contributed by atoms with Crippen LogP contribution in [0.5, 0.6) is 11.5 Å². The van der Waals surface area contributed by atoms with Gasteiger partial charge in [0.15, 0.2) is 17.3 Å². The molecule has 3 atom stereocenters. The summed E-state index contributed by atoms with van der Waals surface area (Å²) in [6.45, 7) is 8.46. The van der Waals surface area contributed by atoms with Crippen molar-refractivity contribution in [3.05, 3.63) is 69.7 Å². The number of thiophene rings is 1. The minimum atomic E-state index is -0.775. The van der Waals surface area contributed by atoms with Gasteiger partial charge in [0.1, 0.15) is 12.5 Å². The van der Waals surface area contributed by atoms with Crippen LogP contribution in [0.1, 0.15) is 49.0 Å². The molecule has 0 fully saturated rings. The van der Waals surface area contributed by atoms with E-state index in [-0.39, 0.29) is 24.4 Å². The van der Waals surface area contributed by atoms with E-state index < -0.39 is 17.8 Å². The summed E-state index contributed by atoms with van der Waals surface area (Å²) in [6.07, 6.45) is 1.11. The van der Waals surface area contributed by atoms with Crippen LogP contribution in [0.25, 0.3) is 0 Å². The zero-order valence-corrected chi connectivity index (χ0v) is 22.0. The molecular weight excluding hydrogens is 478 g/mol. The molecule has 0 bridgehead atoms. The molecule has 0 spiro atoms. The Hall–Kier alpha value is -3.10. The molecule has 1 aliphatic carbocycles. The lowest BCUT2D eigenvalue weighted by Gasteiger charge is -2.40. The van der Waals surface area contributed by atoms with E-state index in [0.29, 0.717) is 42.2 Å². The Morgan fingerprint density at radius 3 is 2.58 bits per heavy atom. The Balaban J connectivity index is 1.72. The largest absolute Gasteiger partial charge is 0.493 e. The molecule has 4 rings (SSSR count). The summed E-state index contributed by atoms with van der Waals surface area (Å²) in [5.41, 5.74) is 2.72. The highest BCUT2D eigenvalue weighted by atomic mass is 32.1. The summed E-state index contributed by atoms with van der Waals surface area (Å²) in [4.78, 5) is 28.2. The van der Waals surface area contributed by atoms with Gasteiger partial charge in [-0.3, -0.25) is 9.59 Å². The van der Waals surface area contributed by atoms with E-state index in [1.54, 1.807) is 31.6 Å². The third-order valence-electron chi connectivity index (χ3n) is 6.58. The maximum atomic E-state index is 13.7. The molecule has 36 heavy (non-hydrogen) atoms. The number of rotatable bonds is 9. The third kappa shape index (κ3) is 5.34. The van der Waals surface area contributed by atoms with Gasteiger partial charge < -0.3 is 24.3 Å². The molecule has 0 amide bonds. The maximum Gasteiger partial charge on any atom is 0.315 e. The van der Waals surface area contributed by atoms with Crippen molar-refractivity contribution in [1.82, 2.24) is 5.32 Å². The van der Waals surface area contributed by atoms with Crippen molar-refractivity contribution >= 4 is 23.1 Å². The fourth-order valence-electron chi connectivity index (χ4n) is 4.97. The molecule has 1 aliphatic heterocycles. The normalized spacial score (nSPS) is 21.8.